The fraction of sp³-hybridized carbons (Fsp3) is 0.0556. The van der Waals surface area contributed by atoms with E-state index in [0.717, 1.165) is 10.8 Å². The van der Waals surface area contributed by atoms with E-state index in [1.807, 2.05) is 0 Å². The van der Waals surface area contributed by atoms with Gasteiger partial charge in [-0.2, -0.15) is 5.10 Å². The number of rotatable bonds is 5. The van der Waals surface area contributed by atoms with Crippen LogP contribution >= 0.6 is 0 Å². The summed E-state index contributed by atoms with van der Waals surface area (Å²) < 4.78 is 6.05. The Morgan fingerprint density at radius 2 is 1.96 bits per heavy atom. The van der Waals surface area contributed by atoms with Gasteiger partial charge in [0.1, 0.15) is 11.3 Å². The lowest BCUT2D eigenvalue weighted by atomic mass is 10.2. The summed E-state index contributed by atoms with van der Waals surface area (Å²) in [6, 6.07) is 9.41. The number of hydrogen-bond acceptors (Lipinski definition) is 7. The van der Waals surface area contributed by atoms with Crippen LogP contribution in [0, 0.1) is 0 Å². The minimum absolute atomic E-state index is 0.222. The van der Waals surface area contributed by atoms with Gasteiger partial charge in [-0.25, -0.2) is 14.8 Å². The Kier molecular flexibility index (Phi) is 5.30. The molecule has 0 saturated heterocycles. The number of aromatic amines is 1. The predicted octanol–water partition coefficient (Wildman–Crippen LogP) is 0.399. The number of carbonyl (C=O) groups excluding carboxylic acids is 1. The number of ether oxygens (including phenoxy) is 1. The van der Waals surface area contributed by atoms with E-state index in [4.69, 9.17) is 4.74 Å². The van der Waals surface area contributed by atoms with Crippen LogP contribution in [0.15, 0.2) is 63.5 Å². The monoisotopic (exact) mass is 381 g/mol. The molecule has 2 aromatic heterocycles. The normalized spacial score (nSPS) is 10.8. The molecule has 10 heteroatoms. The molecule has 0 atom stereocenters. The van der Waals surface area contributed by atoms with E-state index in [1.165, 1.54) is 37.7 Å². The maximum Gasteiger partial charge on any atom is 0.335 e. The van der Waals surface area contributed by atoms with E-state index in [0.29, 0.717) is 11.3 Å². The van der Waals surface area contributed by atoms with Gasteiger partial charge in [0.05, 0.1) is 19.0 Å². The van der Waals surface area contributed by atoms with Gasteiger partial charge < -0.3 is 9.84 Å². The van der Waals surface area contributed by atoms with Crippen molar-refractivity contribution in [3.63, 3.8) is 0 Å². The second-order valence-corrected chi connectivity index (χ2v) is 5.44. The Balaban J connectivity index is 1.97. The van der Waals surface area contributed by atoms with Crippen molar-refractivity contribution in [1.82, 2.24) is 20.0 Å². The van der Waals surface area contributed by atoms with E-state index >= 15 is 0 Å². The van der Waals surface area contributed by atoms with Crippen molar-refractivity contribution in [2.24, 2.45) is 5.10 Å². The first-order valence-corrected chi connectivity index (χ1v) is 7.98. The van der Waals surface area contributed by atoms with Gasteiger partial charge in [-0.15, -0.1) is 0 Å². The number of carbonyl (C=O) groups is 1. The van der Waals surface area contributed by atoms with Gasteiger partial charge in [-0.3, -0.25) is 19.6 Å². The van der Waals surface area contributed by atoms with Crippen LogP contribution in [0.1, 0.15) is 15.9 Å². The van der Waals surface area contributed by atoms with Crippen LogP contribution in [0.5, 0.6) is 11.6 Å². The molecule has 3 rings (SSSR count). The summed E-state index contributed by atoms with van der Waals surface area (Å²) in [5, 5.41) is 14.2. The van der Waals surface area contributed by atoms with Crippen molar-refractivity contribution >= 4 is 12.1 Å². The molecule has 0 radical (unpaired) electrons. The van der Waals surface area contributed by atoms with Gasteiger partial charge in [0, 0.05) is 18.0 Å². The quantitative estimate of drug-likeness (QED) is 0.432. The number of nitrogens with one attached hydrogen (secondary N) is 2. The van der Waals surface area contributed by atoms with Crippen LogP contribution in [0.25, 0.3) is 5.69 Å². The third-order valence-corrected chi connectivity index (χ3v) is 3.75. The molecular formula is C18H15N5O5. The lowest BCUT2D eigenvalue weighted by molar-refractivity contribution is 0.0955. The van der Waals surface area contributed by atoms with Gasteiger partial charge >= 0.3 is 5.69 Å². The molecule has 0 spiro atoms. The topological polar surface area (TPSA) is 139 Å². The molecule has 0 fully saturated rings. The maximum atomic E-state index is 12.2. The highest BCUT2D eigenvalue weighted by atomic mass is 16.5. The largest absolute Gasteiger partial charge is 0.495 e. The highest BCUT2D eigenvalue weighted by Crippen LogP contribution is 2.24. The number of aromatic hydroxyl groups is 1. The molecule has 10 nitrogen and oxygen atoms in total. The Hall–Kier alpha value is -4.21. The molecule has 0 aliphatic carbocycles. The third kappa shape index (κ3) is 3.65. The highest BCUT2D eigenvalue weighted by molar-refractivity contribution is 5.94. The summed E-state index contributed by atoms with van der Waals surface area (Å²) >= 11 is 0. The molecule has 0 unspecified atom stereocenters. The van der Waals surface area contributed by atoms with Crippen molar-refractivity contribution in [3.05, 3.63) is 80.8 Å². The SMILES string of the molecule is COc1ccccc1-n1c(O)c(/C=N\NC(=O)c2ccncc2)c(=O)[nH]c1=O. The van der Waals surface area contributed by atoms with Crippen LogP contribution in [-0.4, -0.2) is 38.9 Å². The highest BCUT2D eigenvalue weighted by Gasteiger charge is 2.17. The molecule has 0 aliphatic heterocycles. The van der Waals surface area contributed by atoms with Gasteiger partial charge in [0.2, 0.25) is 5.88 Å². The minimum Gasteiger partial charge on any atom is -0.495 e. The van der Waals surface area contributed by atoms with Crippen molar-refractivity contribution in [1.29, 1.82) is 0 Å². The van der Waals surface area contributed by atoms with Crippen molar-refractivity contribution in [2.45, 2.75) is 0 Å². The zero-order valence-electron chi connectivity index (χ0n) is 14.6. The van der Waals surface area contributed by atoms with E-state index in [2.05, 4.69) is 20.5 Å². The first-order chi connectivity index (χ1) is 13.5. The van der Waals surface area contributed by atoms with Gasteiger partial charge in [-0.1, -0.05) is 12.1 Å². The van der Waals surface area contributed by atoms with Crippen LogP contribution in [0.4, 0.5) is 0 Å². The number of aromatic nitrogens is 3. The lowest BCUT2D eigenvalue weighted by Crippen LogP contribution is -2.31. The van der Waals surface area contributed by atoms with Gasteiger partial charge in [0.25, 0.3) is 11.5 Å². The average Bonchev–Trinajstić information content (AvgIpc) is 2.71. The summed E-state index contributed by atoms with van der Waals surface area (Å²) in [6.07, 6.45) is 3.83. The first kappa shape index (κ1) is 18.6. The predicted molar refractivity (Wildman–Crippen MR) is 100 cm³/mol. The molecule has 142 valence electrons. The van der Waals surface area contributed by atoms with E-state index < -0.39 is 23.0 Å². The number of pyridine rings is 1. The zero-order valence-corrected chi connectivity index (χ0v) is 14.6. The summed E-state index contributed by atoms with van der Waals surface area (Å²) in [7, 11) is 1.41. The lowest BCUT2D eigenvalue weighted by Gasteiger charge is -2.12. The summed E-state index contributed by atoms with van der Waals surface area (Å²) in [4.78, 5) is 42.1. The number of nitrogens with zero attached hydrogens (tertiary/aromatic N) is 3. The second-order valence-electron chi connectivity index (χ2n) is 5.44. The number of methoxy groups -OCH3 is 1. The molecular weight excluding hydrogens is 366 g/mol. The molecule has 0 saturated carbocycles. The number of hydrogen-bond donors (Lipinski definition) is 3. The molecule has 1 amide bonds. The summed E-state index contributed by atoms with van der Waals surface area (Å²) in [6.45, 7) is 0. The molecule has 3 aromatic rings. The molecule has 1 aromatic carbocycles. The van der Waals surface area contributed by atoms with E-state index in [-0.39, 0.29) is 11.3 Å². The Bertz CT molecular complexity index is 1150. The first-order valence-electron chi connectivity index (χ1n) is 7.98. The average molecular weight is 381 g/mol. The Labute approximate surface area is 157 Å². The summed E-state index contributed by atoms with van der Waals surface area (Å²) in [5.41, 5.74) is 0.715. The molecule has 28 heavy (non-hydrogen) atoms. The second kappa shape index (κ2) is 7.99. The number of H-pyrrole nitrogens is 1. The van der Waals surface area contributed by atoms with E-state index in [1.54, 1.807) is 18.2 Å². The van der Waals surface area contributed by atoms with Crippen LogP contribution in [-0.2, 0) is 0 Å². The van der Waals surface area contributed by atoms with E-state index in [9.17, 15) is 19.5 Å². The van der Waals surface area contributed by atoms with Gasteiger partial charge in [0.15, 0.2) is 0 Å². The molecule has 0 aliphatic rings. The van der Waals surface area contributed by atoms with Crippen LogP contribution in [0.2, 0.25) is 0 Å². The fourth-order valence-electron chi connectivity index (χ4n) is 2.42. The maximum absolute atomic E-state index is 12.2. The smallest absolute Gasteiger partial charge is 0.335 e. The number of hydrazone groups is 1. The Morgan fingerprint density at radius 3 is 2.68 bits per heavy atom. The third-order valence-electron chi connectivity index (χ3n) is 3.75. The van der Waals surface area contributed by atoms with Crippen LogP contribution in [0.3, 0.4) is 0 Å². The standard InChI is InChI=1S/C18H15N5O5/c1-28-14-5-3-2-4-13(14)23-17(26)12(16(25)21-18(23)27)10-20-22-15(24)11-6-8-19-9-7-11/h2-10,26H,1H3,(H,22,24)(H,21,25,27)/b20-10-. The number of amides is 1. The van der Waals surface area contributed by atoms with Crippen LogP contribution < -0.4 is 21.4 Å². The fourth-order valence-corrected chi connectivity index (χ4v) is 2.42. The number of benzene rings is 1. The summed E-state index contributed by atoms with van der Waals surface area (Å²) in [5.74, 6) is -0.881. The van der Waals surface area contributed by atoms with Crippen molar-refractivity contribution in [2.75, 3.05) is 7.11 Å². The van der Waals surface area contributed by atoms with Gasteiger partial charge in [-0.05, 0) is 24.3 Å². The molecule has 3 N–H and O–H groups in total. The zero-order chi connectivity index (χ0) is 20.1. The Morgan fingerprint density at radius 1 is 1.25 bits per heavy atom. The van der Waals surface area contributed by atoms with Crippen molar-refractivity contribution < 1.29 is 14.6 Å². The number of para-hydroxylation sites is 2. The molecule has 0 bridgehead atoms. The molecule has 2 heterocycles. The minimum atomic E-state index is -0.865. The van der Waals surface area contributed by atoms with Crippen molar-refractivity contribution in [3.8, 4) is 17.3 Å².